The molecule has 0 saturated carbocycles. The fourth-order valence-corrected chi connectivity index (χ4v) is 3.09. The number of pyridine rings is 1. The molecule has 0 aliphatic rings. The minimum absolute atomic E-state index is 0.0361. The van der Waals surface area contributed by atoms with Gasteiger partial charge in [0.2, 0.25) is 0 Å². The Kier molecular flexibility index (Phi) is 4.90. The van der Waals surface area contributed by atoms with Gasteiger partial charge in [-0.2, -0.15) is 5.10 Å². The number of carbonyl (C=O) groups excluding carboxylic acids is 1. The van der Waals surface area contributed by atoms with Gasteiger partial charge in [-0.3, -0.25) is 14.7 Å². The van der Waals surface area contributed by atoms with Gasteiger partial charge in [-0.1, -0.05) is 0 Å². The van der Waals surface area contributed by atoms with E-state index in [0.717, 1.165) is 10.9 Å². The number of nitrogens with zero attached hydrogens (tertiary/aromatic N) is 3. The molecule has 26 heavy (non-hydrogen) atoms. The molecule has 0 saturated heterocycles. The van der Waals surface area contributed by atoms with E-state index in [0.29, 0.717) is 17.8 Å². The monoisotopic (exact) mass is 353 g/mol. The number of nitrogens with one attached hydrogen (secondary N) is 2. The highest BCUT2D eigenvalue weighted by Crippen LogP contribution is 2.17. The number of H-pyrrole nitrogens is 1. The summed E-state index contributed by atoms with van der Waals surface area (Å²) < 4.78 is 1.61. The van der Waals surface area contributed by atoms with Gasteiger partial charge < -0.3 is 14.8 Å². The lowest BCUT2D eigenvalue weighted by Crippen LogP contribution is -2.34. The first-order chi connectivity index (χ1) is 12.4. The highest BCUT2D eigenvalue weighted by molar-refractivity contribution is 6.05. The van der Waals surface area contributed by atoms with Crippen molar-refractivity contribution in [3.63, 3.8) is 0 Å². The van der Waals surface area contributed by atoms with Crippen LogP contribution in [-0.4, -0.2) is 46.2 Å². The number of benzene rings is 1. The molecule has 1 atom stereocenters. The van der Waals surface area contributed by atoms with E-state index in [9.17, 15) is 9.59 Å². The van der Waals surface area contributed by atoms with Crippen LogP contribution in [0.15, 0.2) is 41.5 Å². The molecule has 3 rings (SSSR count). The fraction of sp³-hybridized carbons (Fsp3) is 0.316. The maximum atomic E-state index is 12.9. The first-order valence-electron chi connectivity index (χ1n) is 8.48. The highest BCUT2D eigenvalue weighted by atomic mass is 16.2. The summed E-state index contributed by atoms with van der Waals surface area (Å²) in [6.07, 6.45) is 3.46. The maximum absolute atomic E-state index is 12.9. The summed E-state index contributed by atoms with van der Waals surface area (Å²) >= 11 is 0. The number of fused-ring (bicyclic) bond motifs is 1. The van der Waals surface area contributed by atoms with Gasteiger partial charge in [0.05, 0.1) is 11.7 Å². The van der Waals surface area contributed by atoms with Crippen molar-refractivity contribution in [2.75, 3.05) is 26.0 Å². The molecule has 136 valence electrons. The molecule has 2 N–H and O–H groups in total. The van der Waals surface area contributed by atoms with Crippen LogP contribution >= 0.6 is 0 Å². The molecule has 0 spiro atoms. The normalized spacial score (nSPS) is 12.5. The SMILES string of the molecule is Cc1ccn(C(C)CN(C)C)c(=O)c1C(=O)Nc1ccc2cn[nH]c2c1. The van der Waals surface area contributed by atoms with Gasteiger partial charge in [0, 0.05) is 29.9 Å². The van der Waals surface area contributed by atoms with Crippen molar-refractivity contribution in [3.05, 3.63) is 58.1 Å². The first kappa shape index (κ1) is 17.9. The number of amides is 1. The largest absolute Gasteiger partial charge is 0.322 e. The van der Waals surface area contributed by atoms with Crippen molar-refractivity contribution in [1.82, 2.24) is 19.7 Å². The number of carbonyl (C=O) groups is 1. The maximum Gasteiger partial charge on any atom is 0.263 e. The Labute approximate surface area is 151 Å². The van der Waals surface area contributed by atoms with Crippen molar-refractivity contribution in [2.45, 2.75) is 19.9 Å². The van der Waals surface area contributed by atoms with E-state index >= 15 is 0 Å². The summed E-state index contributed by atoms with van der Waals surface area (Å²) in [7, 11) is 3.91. The van der Waals surface area contributed by atoms with Gasteiger partial charge in [-0.25, -0.2) is 0 Å². The lowest BCUT2D eigenvalue weighted by molar-refractivity contribution is 0.102. The van der Waals surface area contributed by atoms with E-state index in [4.69, 9.17) is 0 Å². The van der Waals surface area contributed by atoms with Crippen LogP contribution in [0.4, 0.5) is 5.69 Å². The molecule has 1 aromatic carbocycles. The average molecular weight is 353 g/mol. The summed E-state index contributed by atoms with van der Waals surface area (Å²) in [5.41, 5.74) is 1.98. The van der Waals surface area contributed by atoms with Gasteiger partial charge in [0.15, 0.2) is 0 Å². The Bertz CT molecular complexity index is 1000. The Hall–Kier alpha value is -2.93. The van der Waals surface area contributed by atoms with Crippen molar-refractivity contribution >= 4 is 22.5 Å². The minimum atomic E-state index is -0.405. The van der Waals surface area contributed by atoms with Crippen LogP contribution < -0.4 is 10.9 Å². The molecule has 1 amide bonds. The van der Waals surface area contributed by atoms with Crippen LogP contribution in [0.25, 0.3) is 10.9 Å². The van der Waals surface area contributed by atoms with Crippen LogP contribution in [0.5, 0.6) is 0 Å². The number of aromatic amines is 1. The van der Waals surface area contributed by atoms with Crippen LogP contribution in [-0.2, 0) is 0 Å². The number of hydrogen-bond acceptors (Lipinski definition) is 4. The molecule has 7 nitrogen and oxygen atoms in total. The number of rotatable bonds is 5. The van der Waals surface area contributed by atoms with E-state index < -0.39 is 5.91 Å². The number of likely N-dealkylation sites (N-methyl/N-ethyl adjacent to an activating group) is 1. The molecule has 2 heterocycles. The quantitative estimate of drug-likeness (QED) is 0.738. The van der Waals surface area contributed by atoms with Crippen molar-refractivity contribution in [2.24, 2.45) is 0 Å². The zero-order valence-corrected chi connectivity index (χ0v) is 15.4. The predicted molar refractivity (Wildman–Crippen MR) is 103 cm³/mol. The lowest BCUT2D eigenvalue weighted by atomic mass is 10.1. The Morgan fingerprint density at radius 2 is 2.12 bits per heavy atom. The molecule has 3 aromatic rings. The number of hydrogen-bond donors (Lipinski definition) is 2. The molecule has 0 bridgehead atoms. The molecule has 0 aliphatic carbocycles. The topological polar surface area (TPSA) is 83.0 Å². The van der Waals surface area contributed by atoms with E-state index in [1.807, 2.05) is 32.0 Å². The van der Waals surface area contributed by atoms with E-state index in [-0.39, 0.29) is 17.2 Å². The molecule has 0 fully saturated rings. The fourth-order valence-electron chi connectivity index (χ4n) is 3.09. The Balaban J connectivity index is 1.91. The van der Waals surface area contributed by atoms with E-state index in [2.05, 4.69) is 15.5 Å². The first-order valence-corrected chi connectivity index (χ1v) is 8.48. The van der Waals surface area contributed by atoms with Gasteiger partial charge in [-0.15, -0.1) is 0 Å². The molecular formula is C19H23N5O2. The van der Waals surface area contributed by atoms with Gasteiger partial charge in [0.1, 0.15) is 5.56 Å². The molecule has 7 heteroatoms. The van der Waals surface area contributed by atoms with Gasteiger partial charge in [-0.05, 0) is 57.8 Å². The third-order valence-electron chi connectivity index (χ3n) is 4.36. The predicted octanol–water partition coefficient (Wildman–Crippen LogP) is 2.41. The number of anilines is 1. The lowest BCUT2D eigenvalue weighted by Gasteiger charge is -2.20. The van der Waals surface area contributed by atoms with E-state index in [1.54, 1.807) is 42.1 Å². The zero-order chi connectivity index (χ0) is 18.8. The van der Waals surface area contributed by atoms with Gasteiger partial charge >= 0.3 is 0 Å². The Morgan fingerprint density at radius 3 is 2.85 bits per heavy atom. The summed E-state index contributed by atoms with van der Waals surface area (Å²) in [6.45, 7) is 4.44. The summed E-state index contributed by atoms with van der Waals surface area (Å²) in [5.74, 6) is -0.405. The minimum Gasteiger partial charge on any atom is -0.322 e. The smallest absolute Gasteiger partial charge is 0.263 e. The standard InChI is InChI=1S/C19H23N5O2/c1-12-7-8-24(13(2)11-23(3)4)19(26)17(12)18(25)21-15-6-5-14-10-20-22-16(14)9-15/h5-10,13H,11H2,1-4H3,(H,20,22)(H,21,25). The van der Waals surface area contributed by atoms with Crippen molar-refractivity contribution in [3.8, 4) is 0 Å². The van der Waals surface area contributed by atoms with Crippen molar-refractivity contribution < 1.29 is 4.79 Å². The second-order valence-corrected chi connectivity index (χ2v) is 6.82. The molecule has 0 aliphatic heterocycles. The average Bonchev–Trinajstić information content (AvgIpc) is 3.01. The molecule has 1 unspecified atom stereocenters. The van der Waals surface area contributed by atoms with Crippen LogP contribution in [0.1, 0.15) is 28.9 Å². The zero-order valence-electron chi connectivity index (χ0n) is 15.4. The summed E-state index contributed by atoms with van der Waals surface area (Å²) in [6, 6.07) is 7.23. The second kappa shape index (κ2) is 7.13. The highest BCUT2D eigenvalue weighted by Gasteiger charge is 2.18. The van der Waals surface area contributed by atoms with Crippen LogP contribution in [0.2, 0.25) is 0 Å². The Morgan fingerprint density at radius 1 is 1.35 bits per heavy atom. The molecule has 0 radical (unpaired) electrons. The molecule has 2 aromatic heterocycles. The van der Waals surface area contributed by atoms with Gasteiger partial charge in [0.25, 0.3) is 11.5 Å². The van der Waals surface area contributed by atoms with Crippen LogP contribution in [0.3, 0.4) is 0 Å². The number of aryl methyl sites for hydroxylation is 1. The second-order valence-electron chi connectivity index (χ2n) is 6.82. The van der Waals surface area contributed by atoms with Crippen molar-refractivity contribution in [1.29, 1.82) is 0 Å². The third-order valence-corrected chi connectivity index (χ3v) is 4.36. The summed E-state index contributed by atoms with van der Waals surface area (Å²) in [5, 5.41) is 10.6. The number of aromatic nitrogens is 3. The van der Waals surface area contributed by atoms with E-state index in [1.165, 1.54) is 0 Å². The third kappa shape index (κ3) is 3.52. The molecular weight excluding hydrogens is 330 g/mol. The summed E-state index contributed by atoms with van der Waals surface area (Å²) in [4.78, 5) is 27.7. The van der Waals surface area contributed by atoms with Crippen LogP contribution in [0, 0.1) is 6.92 Å².